The molecule has 5 nitrogen and oxygen atoms in total. The van der Waals surface area contributed by atoms with Gasteiger partial charge in [0.15, 0.2) is 0 Å². The summed E-state index contributed by atoms with van der Waals surface area (Å²) in [5, 5.41) is 16.4. The monoisotopic (exact) mass is 239 g/mol. The molecule has 2 N–H and O–H groups in total. The second kappa shape index (κ2) is 5.82. The number of hydrogen-bond donors (Lipinski definition) is 2. The van der Waals surface area contributed by atoms with E-state index in [2.05, 4.69) is 10.4 Å². The van der Waals surface area contributed by atoms with Crippen LogP contribution in [0.5, 0.6) is 0 Å². The SMILES string of the molecule is Cc1cc(C(=O)NCCC(O)C(C)C)nn1C. The van der Waals surface area contributed by atoms with Crippen LogP contribution in [0.25, 0.3) is 0 Å². The fourth-order valence-electron chi connectivity index (χ4n) is 1.43. The Balaban J connectivity index is 2.40. The number of aliphatic hydroxyl groups is 1. The zero-order valence-electron chi connectivity index (χ0n) is 10.9. The van der Waals surface area contributed by atoms with Crippen LogP contribution in [0.4, 0.5) is 0 Å². The lowest BCUT2D eigenvalue weighted by Gasteiger charge is -2.13. The number of nitrogens with zero attached hydrogens (tertiary/aromatic N) is 2. The van der Waals surface area contributed by atoms with Crippen LogP contribution in [0.1, 0.15) is 36.5 Å². The van der Waals surface area contributed by atoms with Crippen LogP contribution in [0.3, 0.4) is 0 Å². The molecular weight excluding hydrogens is 218 g/mol. The standard InChI is InChI=1S/C12H21N3O2/c1-8(2)11(16)5-6-13-12(17)10-7-9(3)15(4)14-10/h7-8,11,16H,5-6H2,1-4H3,(H,13,17). The first-order valence-corrected chi connectivity index (χ1v) is 5.88. The van der Waals surface area contributed by atoms with Gasteiger partial charge < -0.3 is 10.4 Å². The van der Waals surface area contributed by atoms with Gasteiger partial charge in [0.2, 0.25) is 0 Å². The predicted octanol–water partition coefficient (Wildman–Crippen LogP) is 0.865. The Kier molecular flexibility index (Phi) is 4.69. The highest BCUT2D eigenvalue weighted by Crippen LogP contribution is 2.05. The van der Waals surface area contributed by atoms with E-state index >= 15 is 0 Å². The number of carbonyl (C=O) groups is 1. The summed E-state index contributed by atoms with van der Waals surface area (Å²) in [5.74, 6) is 0.0219. The molecule has 1 aromatic rings. The Morgan fingerprint density at radius 2 is 2.24 bits per heavy atom. The van der Waals surface area contributed by atoms with E-state index in [1.807, 2.05) is 20.8 Å². The fraction of sp³-hybridized carbons (Fsp3) is 0.667. The van der Waals surface area contributed by atoms with Crippen molar-refractivity contribution in [2.45, 2.75) is 33.3 Å². The van der Waals surface area contributed by atoms with Crippen molar-refractivity contribution < 1.29 is 9.90 Å². The van der Waals surface area contributed by atoms with Crippen LogP contribution in [-0.4, -0.2) is 33.4 Å². The molecule has 0 aliphatic rings. The van der Waals surface area contributed by atoms with Gasteiger partial charge in [0.25, 0.3) is 5.91 Å². The molecule has 1 amide bonds. The molecule has 1 aromatic heterocycles. The Morgan fingerprint density at radius 1 is 1.59 bits per heavy atom. The normalized spacial score (nSPS) is 12.8. The highest BCUT2D eigenvalue weighted by atomic mass is 16.3. The zero-order chi connectivity index (χ0) is 13.0. The van der Waals surface area contributed by atoms with E-state index in [1.54, 1.807) is 17.8 Å². The number of rotatable bonds is 5. The third-order valence-electron chi connectivity index (χ3n) is 2.84. The molecule has 0 aliphatic carbocycles. The average molecular weight is 239 g/mol. The van der Waals surface area contributed by atoms with Crippen molar-refractivity contribution in [3.63, 3.8) is 0 Å². The molecule has 0 bridgehead atoms. The van der Waals surface area contributed by atoms with Gasteiger partial charge in [0.1, 0.15) is 5.69 Å². The first kappa shape index (κ1) is 13.7. The maximum atomic E-state index is 11.7. The fourth-order valence-corrected chi connectivity index (χ4v) is 1.43. The van der Waals surface area contributed by atoms with Gasteiger partial charge in [-0.2, -0.15) is 5.10 Å². The zero-order valence-corrected chi connectivity index (χ0v) is 10.9. The Bertz CT molecular complexity index is 366. The van der Waals surface area contributed by atoms with Gasteiger partial charge >= 0.3 is 0 Å². The number of amides is 1. The number of aromatic nitrogens is 2. The second-order valence-corrected chi connectivity index (χ2v) is 4.65. The molecule has 0 radical (unpaired) electrons. The van der Waals surface area contributed by atoms with Crippen LogP contribution in [0, 0.1) is 12.8 Å². The van der Waals surface area contributed by atoms with Gasteiger partial charge in [0.05, 0.1) is 6.10 Å². The molecule has 17 heavy (non-hydrogen) atoms. The van der Waals surface area contributed by atoms with Crippen LogP contribution < -0.4 is 5.32 Å². The van der Waals surface area contributed by atoms with Crippen molar-refractivity contribution in [1.29, 1.82) is 0 Å². The molecule has 0 aliphatic heterocycles. The van der Waals surface area contributed by atoms with Gasteiger partial charge in [-0.3, -0.25) is 9.48 Å². The summed E-state index contributed by atoms with van der Waals surface area (Å²) in [6.07, 6.45) is 0.190. The molecule has 1 unspecified atom stereocenters. The van der Waals surface area contributed by atoms with Crippen molar-refractivity contribution in [3.8, 4) is 0 Å². The molecule has 1 heterocycles. The van der Waals surface area contributed by atoms with E-state index in [4.69, 9.17) is 0 Å². The molecule has 5 heteroatoms. The first-order chi connectivity index (χ1) is 7.91. The van der Waals surface area contributed by atoms with Crippen LogP contribution in [0.2, 0.25) is 0 Å². The summed E-state index contributed by atoms with van der Waals surface area (Å²) in [6, 6.07) is 1.74. The summed E-state index contributed by atoms with van der Waals surface area (Å²) >= 11 is 0. The minimum absolute atomic E-state index is 0.190. The summed E-state index contributed by atoms with van der Waals surface area (Å²) in [7, 11) is 1.80. The van der Waals surface area contributed by atoms with Crippen molar-refractivity contribution in [3.05, 3.63) is 17.5 Å². The largest absolute Gasteiger partial charge is 0.393 e. The molecule has 0 saturated heterocycles. The lowest BCUT2D eigenvalue weighted by molar-refractivity contribution is 0.0915. The molecule has 0 aromatic carbocycles. The number of aliphatic hydroxyl groups excluding tert-OH is 1. The van der Waals surface area contributed by atoms with E-state index in [0.29, 0.717) is 18.7 Å². The van der Waals surface area contributed by atoms with Crippen LogP contribution >= 0.6 is 0 Å². The van der Waals surface area contributed by atoms with Gasteiger partial charge in [-0.05, 0) is 25.3 Å². The highest BCUT2D eigenvalue weighted by molar-refractivity contribution is 5.92. The average Bonchev–Trinajstić information content (AvgIpc) is 2.59. The van der Waals surface area contributed by atoms with Crippen molar-refractivity contribution >= 4 is 5.91 Å². The second-order valence-electron chi connectivity index (χ2n) is 4.65. The summed E-state index contributed by atoms with van der Waals surface area (Å²) in [5.41, 5.74) is 1.36. The minimum Gasteiger partial charge on any atom is -0.393 e. The predicted molar refractivity (Wildman–Crippen MR) is 65.7 cm³/mol. The Morgan fingerprint density at radius 3 is 2.71 bits per heavy atom. The van der Waals surface area contributed by atoms with Crippen molar-refractivity contribution in [2.24, 2.45) is 13.0 Å². The molecular formula is C12H21N3O2. The van der Waals surface area contributed by atoms with Crippen molar-refractivity contribution in [1.82, 2.24) is 15.1 Å². The Hall–Kier alpha value is -1.36. The summed E-state index contributed by atoms with van der Waals surface area (Å²) < 4.78 is 1.66. The highest BCUT2D eigenvalue weighted by Gasteiger charge is 2.12. The number of aryl methyl sites for hydroxylation is 2. The maximum absolute atomic E-state index is 11.7. The molecule has 96 valence electrons. The van der Waals surface area contributed by atoms with Gasteiger partial charge in [-0.15, -0.1) is 0 Å². The molecule has 0 fully saturated rings. The maximum Gasteiger partial charge on any atom is 0.271 e. The third-order valence-corrected chi connectivity index (χ3v) is 2.84. The smallest absolute Gasteiger partial charge is 0.271 e. The summed E-state index contributed by atoms with van der Waals surface area (Å²) in [4.78, 5) is 11.7. The molecule has 1 atom stereocenters. The quantitative estimate of drug-likeness (QED) is 0.801. The van der Waals surface area contributed by atoms with Crippen LogP contribution in [0.15, 0.2) is 6.07 Å². The lowest BCUT2D eigenvalue weighted by atomic mass is 10.0. The third kappa shape index (κ3) is 3.85. The molecule has 0 saturated carbocycles. The number of carbonyl (C=O) groups excluding carboxylic acids is 1. The molecule has 0 spiro atoms. The first-order valence-electron chi connectivity index (χ1n) is 5.88. The van der Waals surface area contributed by atoms with Crippen molar-refractivity contribution in [2.75, 3.05) is 6.54 Å². The van der Waals surface area contributed by atoms with E-state index in [-0.39, 0.29) is 17.9 Å². The van der Waals surface area contributed by atoms with E-state index in [0.717, 1.165) is 5.69 Å². The van der Waals surface area contributed by atoms with E-state index in [9.17, 15) is 9.90 Å². The van der Waals surface area contributed by atoms with E-state index < -0.39 is 0 Å². The lowest BCUT2D eigenvalue weighted by Crippen LogP contribution is -2.29. The summed E-state index contributed by atoms with van der Waals surface area (Å²) in [6.45, 7) is 6.27. The Labute approximate surface area is 102 Å². The number of hydrogen-bond acceptors (Lipinski definition) is 3. The number of nitrogens with one attached hydrogen (secondary N) is 1. The van der Waals surface area contributed by atoms with Crippen LogP contribution in [-0.2, 0) is 7.05 Å². The topological polar surface area (TPSA) is 67.2 Å². The van der Waals surface area contributed by atoms with Gasteiger partial charge in [0, 0.05) is 19.3 Å². The minimum atomic E-state index is -0.374. The molecule has 1 rings (SSSR count). The van der Waals surface area contributed by atoms with Gasteiger partial charge in [-0.1, -0.05) is 13.8 Å². The van der Waals surface area contributed by atoms with E-state index in [1.165, 1.54) is 0 Å². The van der Waals surface area contributed by atoms with Gasteiger partial charge in [-0.25, -0.2) is 0 Å².